The molecule has 3 aromatic heterocycles. The number of pyridine rings is 2. The van der Waals surface area contributed by atoms with Crippen LogP contribution in [0, 0.1) is 0 Å². The summed E-state index contributed by atoms with van der Waals surface area (Å²) in [6.45, 7) is 4.71. The lowest BCUT2D eigenvalue weighted by Gasteiger charge is -2.20. The molecule has 160 valence electrons. The molecular formula is C21H23N7O3. The Balaban J connectivity index is 1.39. The Morgan fingerprint density at radius 2 is 1.97 bits per heavy atom. The molecule has 0 bridgehead atoms. The van der Waals surface area contributed by atoms with Crippen molar-refractivity contribution in [2.75, 3.05) is 18.4 Å². The summed E-state index contributed by atoms with van der Waals surface area (Å²) < 4.78 is 7.56. The third-order valence-corrected chi connectivity index (χ3v) is 4.85. The quantitative estimate of drug-likeness (QED) is 0.677. The van der Waals surface area contributed by atoms with Crippen molar-refractivity contribution in [3.63, 3.8) is 0 Å². The summed E-state index contributed by atoms with van der Waals surface area (Å²) in [5, 5.41) is 6.80. The van der Waals surface area contributed by atoms with Crippen LogP contribution in [0.1, 0.15) is 13.8 Å². The zero-order valence-corrected chi connectivity index (χ0v) is 17.5. The van der Waals surface area contributed by atoms with Crippen molar-refractivity contribution in [1.82, 2.24) is 29.5 Å². The van der Waals surface area contributed by atoms with Gasteiger partial charge in [-0.3, -0.25) is 15.0 Å². The zero-order chi connectivity index (χ0) is 22.0. The molecule has 31 heavy (non-hydrogen) atoms. The first-order valence-corrected chi connectivity index (χ1v) is 9.89. The Labute approximate surface area is 179 Å². The van der Waals surface area contributed by atoms with Crippen LogP contribution < -0.4 is 10.1 Å². The van der Waals surface area contributed by atoms with E-state index >= 15 is 0 Å². The zero-order valence-electron chi connectivity index (χ0n) is 17.5. The number of imide groups is 1. The minimum atomic E-state index is -0.496. The SMILES string of the molecule is CC(C)N1CCN(C(=O)Nc2ccc(Oc3ccnc(-c4cnn(C)c4)c3)cn2)C1=O. The molecule has 4 amide bonds. The number of carbonyl (C=O) groups is 2. The van der Waals surface area contributed by atoms with E-state index in [1.54, 1.807) is 40.2 Å². The predicted molar refractivity (Wildman–Crippen MR) is 114 cm³/mol. The van der Waals surface area contributed by atoms with Crippen molar-refractivity contribution in [3.8, 4) is 22.8 Å². The fraction of sp³-hybridized carbons (Fsp3) is 0.286. The molecule has 0 saturated carbocycles. The molecule has 10 heteroatoms. The molecule has 0 aromatic carbocycles. The van der Waals surface area contributed by atoms with E-state index in [1.165, 1.54) is 11.1 Å². The molecule has 0 radical (unpaired) electrons. The maximum absolute atomic E-state index is 12.4. The number of nitrogens with one attached hydrogen (secondary N) is 1. The van der Waals surface area contributed by atoms with Crippen LogP contribution in [0.3, 0.4) is 0 Å². The lowest BCUT2D eigenvalue weighted by atomic mass is 10.2. The van der Waals surface area contributed by atoms with E-state index in [2.05, 4.69) is 20.4 Å². The highest BCUT2D eigenvalue weighted by molar-refractivity contribution is 6.01. The topological polar surface area (TPSA) is 105 Å². The average molecular weight is 421 g/mol. The molecule has 4 rings (SSSR count). The van der Waals surface area contributed by atoms with Crippen molar-refractivity contribution < 1.29 is 14.3 Å². The molecule has 0 aliphatic carbocycles. The normalized spacial score (nSPS) is 13.7. The van der Waals surface area contributed by atoms with Crippen molar-refractivity contribution >= 4 is 17.9 Å². The number of amides is 4. The van der Waals surface area contributed by atoms with Gasteiger partial charge in [-0.05, 0) is 32.0 Å². The first-order chi connectivity index (χ1) is 14.9. The van der Waals surface area contributed by atoms with Gasteiger partial charge in [-0.25, -0.2) is 19.5 Å². The molecule has 0 unspecified atom stereocenters. The first-order valence-electron chi connectivity index (χ1n) is 9.89. The van der Waals surface area contributed by atoms with Crippen LogP contribution in [-0.4, -0.2) is 60.7 Å². The van der Waals surface area contributed by atoms with Gasteiger partial charge in [0.25, 0.3) is 0 Å². The van der Waals surface area contributed by atoms with Crippen LogP contribution in [0.15, 0.2) is 49.1 Å². The Bertz CT molecular complexity index is 1090. The summed E-state index contributed by atoms with van der Waals surface area (Å²) >= 11 is 0. The number of carbonyl (C=O) groups excluding carboxylic acids is 2. The van der Waals surface area contributed by atoms with E-state index in [-0.39, 0.29) is 12.1 Å². The molecular weight excluding hydrogens is 398 g/mol. The maximum Gasteiger partial charge on any atom is 0.331 e. The number of aryl methyl sites for hydroxylation is 1. The Hall–Kier alpha value is -3.95. The number of aromatic nitrogens is 4. The predicted octanol–water partition coefficient (Wildman–Crippen LogP) is 3.35. The lowest BCUT2D eigenvalue weighted by molar-refractivity contribution is 0.183. The van der Waals surface area contributed by atoms with Gasteiger partial charge in [0, 0.05) is 50.2 Å². The van der Waals surface area contributed by atoms with Crippen molar-refractivity contribution in [2.24, 2.45) is 7.05 Å². The first kappa shape index (κ1) is 20.3. The van der Waals surface area contributed by atoms with Gasteiger partial charge in [0.05, 0.1) is 18.1 Å². The third-order valence-electron chi connectivity index (χ3n) is 4.85. The molecule has 1 saturated heterocycles. The number of hydrogen-bond acceptors (Lipinski definition) is 6. The molecule has 1 N–H and O–H groups in total. The average Bonchev–Trinajstić information content (AvgIpc) is 3.35. The molecule has 0 spiro atoms. The Morgan fingerprint density at radius 3 is 2.61 bits per heavy atom. The Morgan fingerprint density at radius 1 is 1.13 bits per heavy atom. The Kier molecular flexibility index (Phi) is 5.52. The molecule has 3 aromatic rings. The fourth-order valence-electron chi connectivity index (χ4n) is 3.24. The van der Waals surface area contributed by atoms with Crippen molar-refractivity contribution in [3.05, 3.63) is 49.1 Å². The van der Waals surface area contributed by atoms with Crippen LogP contribution in [0.2, 0.25) is 0 Å². The highest BCUT2D eigenvalue weighted by atomic mass is 16.5. The van der Waals surface area contributed by atoms with Crippen LogP contribution in [-0.2, 0) is 7.05 Å². The number of rotatable bonds is 5. The van der Waals surface area contributed by atoms with Gasteiger partial charge < -0.3 is 9.64 Å². The van der Waals surface area contributed by atoms with Crippen LogP contribution >= 0.6 is 0 Å². The summed E-state index contributed by atoms with van der Waals surface area (Å²) in [5.41, 5.74) is 1.63. The second-order valence-electron chi connectivity index (χ2n) is 7.41. The van der Waals surface area contributed by atoms with Crippen LogP contribution in [0.25, 0.3) is 11.3 Å². The van der Waals surface area contributed by atoms with Gasteiger partial charge in [0.1, 0.15) is 17.3 Å². The van der Waals surface area contributed by atoms with Crippen molar-refractivity contribution in [1.29, 1.82) is 0 Å². The highest BCUT2D eigenvalue weighted by Crippen LogP contribution is 2.25. The fourth-order valence-corrected chi connectivity index (χ4v) is 3.24. The van der Waals surface area contributed by atoms with E-state index < -0.39 is 6.03 Å². The largest absolute Gasteiger partial charge is 0.456 e. The molecule has 1 aliphatic rings. The number of anilines is 1. The van der Waals surface area contributed by atoms with E-state index in [0.717, 1.165) is 11.3 Å². The molecule has 0 atom stereocenters. The summed E-state index contributed by atoms with van der Waals surface area (Å²) in [4.78, 5) is 36.1. The smallest absolute Gasteiger partial charge is 0.331 e. The van der Waals surface area contributed by atoms with Crippen LogP contribution in [0.5, 0.6) is 11.5 Å². The highest BCUT2D eigenvalue weighted by Gasteiger charge is 2.34. The van der Waals surface area contributed by atoms with E-state index in [9.17, 15) is 9.59 Å². The second-order valence-corrected chi connectivity index (χ2v) is 7.41. The van der Waals surface area contributed by atoms with Gasteiger partial charge >= 0.3 is 12.1 Å². The van der Waals surface area contributed by atoms with Gasteiger partial charge in [0.2, 0.25) is 0 Å². The monoisotopic (exact) mass is 421 g/mol. The summed E-state index contributed by atoms with van der Waals surface area (Å²) in [6, 6.07) is 6.13. The summed E-state index contributed by atoms with van der Waals surface area (Å²) in [7, 11) is 1.84. The minimum Gasteiger partial charge on any atom is -0.456 e. The van der Waals surface area contributed by atoms with E-state index in [4.69, 9.17) is 4.74 Å². The van der Waals surface area contributed by atoms with Gasteiger partial charge in [-0.2, -0.15) is 5.10 Å². The molecule has 10 nitrogen and oxygen atoms in total. The van der Waals surface area contributed by atoms with Crippen LogP contribution in [0.4, 0.5) is 15.4 Å². The van der Waals surface area contributed by atoms with Gasteiger partial charge in [-0.15, -0.1) is 0 Å². The number of ether oxygens (including phenoxy) is 1. The van der Waals surface area contributed by atoms with Gasteiger partial charge in [0.15, 0.2) is 0 Å². The van der Waals surface area contributed by atoms with E-state index in [1.807, 2.05) is 33.2 Å². The summed E-state index contributed by atoms with van der Waals surface area (Å²) in [6.07, 6.45) is 6.77. The number of hydrogen-bond donors (Lipinski definition) is 1. The van der Waals surface area contributed by atoms with E-state index in [0.29, 0.717) is 30.4 Å². The molecule has 1 aliphatic heterocycles. The summed E-state index contributed by atoms with van der Waals surface area (Å²) in [5.74, 6) is 1.44. The van der Waals surface area contributed by atoms with Crippen molar-refractivity contribution in [2.45, 2.75) is 19.9 Å². The molecule has 1 fully saturated rings. The second kappa shape index (κ2) is 8.42. The maximum atomic E-state index is 12.4. The lowest BCUT2D eigenvalue weighted by Crippen LogP contribution is -2.41. The number of nitrogens with zero attached hydrogens (tertiary/aromatic N) is 6. The molecule has 4 heterocycles. The minimum absolute atomic E-state index is 0.0479. The number of urea groups is 2. The third kappa shape index (κ3) is 4.47. The standard InChI is InChI=1S/C21H23N7O3/c1-14(2)27-8-9-28(21(27)30)20(29)25-19-5-4-17(12-23-19)31-16-6-7-22-18(10-16)15-11-24-26(3)13-15/h4-7,10-14H,8-9H2,1-3H3,(H,23,25,29). The van der Waals surface area contributed by atoms with Gasteiger partial charge in [-0.1, -0.05) is 0 Å².